The Morgan fingerprint density at radius 2 is 1.80 bits per heavy atom. The van der Waals surface area contributed by atoms with Crippen LogP contribution in [0.1, 0.15) is 52.4 Å². The molecule has 0 spiro atoms. The lowest BCUT2D eigenvalue weighted by Crippen LogP contribution is -2.56. The molecule has 2 aliphatic heterocycles. The first kappa shape index (κ1) is 11.4. The molecule has 2 bridgehead atoms. The maximum Gasteiger partial charge on any atom is 0.0113 e. The van der Waals surface area contributed by atoms with E-state index in [1.165, 1.54) is 45.1 Å². The van der Waals surface area contributed by atoms with Crippen molar-refractivity contribution in [2.24, 2.45) is 0 Å². The minimum absolute atomic E-state index is 0.804. The number of hydrogen-bond donors (Lipinski definition) is 1. The lowest BCUT2D eigenvalue weighted by atomic mass is 9.81. The molecule has 0 aromatic carbocycles. The highest BCUT2D eigenvalue weighted by Gasteiger charge is 2.36. The average Bonchev–Trinajstić information content (AvgIpc) is 2.19. The van der Waals surface area contributed by atoms with E-state index in [4.69, 9.17) is 0 Å². The molecule has 2 saturated heterocycles. The molecule has 88 valence electrons. The average molecular weight is 210 g/mol. The normalized spacial score (nSPS) is 36.8. The monoisotopic (exact) mass is 210 g/mol. The van der Waals surface area contributed by atoms with E-state index in [0.717, 1.165) is 24.7 Å². The molecule has 2 aliphatic rings. The smallest absolute Gasteiger partial charge is 0.0113 e. The van der Waals surface area contributed by atoms with Gasteiger partial charge < -0.3 is 5.32 Å². The van der Waals surface area contributed by atoms with Gasteiger partial charge in [0.25, 0.3) is 0 Å². The van der Waals surface area contributed by atoms with Crippen LogP contribution in [-0.2, 0) is 0 Å². The lowest BCUT2D eigenvalue weighted by Gasteiger charge is -2.49. The minimum Gasteiger partial charge on any atom is -0.314 e. The van der Waals surface area contributed by atoms with E-state index in [-0.39, 0.29) is 0 Å². The second-order valence-corrected chi connectivity index (χ2v) is 5.20. The van der Waals surface area contributed by atoms with E-state index in [9.17, 15) is 0 Å². The highest BCUT2D eigenvalue weighted by atomic mass is 15.2. The third-order valence-electron chi connectivity index (χ3n) is 4.10. The van der Waals surface area contributed by atoms with Gasteiger partial charge in [0.1, 0.15) is 0 Å². The van der Waals surface area contributed by atoms with Gasteiger partial charge in [0.15, 0.2) is 0 Å². The SMILES string of the molecule is CCCN1C2CCCC1CC(NCC)C2. The van der Waals surface area contributed by atoms with Crippen molar-refractivity contribution in [3.05, 3.63) is 0 Å². The molecule has 2 atom stereocenters. The van der Waals surface area contributed by atoms with Gasteiger partial charge in [-0.3, -0.25) is 4.90 Å². The Hall–Kier alpha value is -0.0800. The summed E-state index contributed by atoms with van der Waals surface area (Å²) in [6, 6.07) is 2.58. The first-order chi connectivity index (χ1) is 7.35. The fraction of sp³-hybridized carbons (Fsp3) is 1.00. The molecule has 1 N–H and O–H groups in total. The molecule has 2 heteroatoms. The zero-order chi connectivity index (χ0) is 10.7. The molecule has 15 heavy (non-hydrogen) atoms. The van der Waals surface area contributed by atoms with Crippen molar-refractivity contribution in [3.63, 3.8) is 0 Å². The van der Waals surface area contributed by atoms with Crippen LogP contribution in [0.4, 0.5) is 0 Å². The number of piperidine rings is 2. The summed E-state index contributed by atoms with van der Waals surface area (Å²) in [6.45, 7) is 7.01. The van der Waals surface area contributed by atoms with Gasteiger partial charge in [0, 0.05) is 18.1 Å². The summed E-state index contributed by atoms with van der Waals surface area (Å²) in [5.74, 6) is 0. The number of nitrogens with one attached hydrogen (secondary N) is 1. The van der Waals surface area contributed by atoms with Gasteiger partial charge in [-0.1, -0.05) is 20.3 Å². The summed E-state index contributed by atoms with van der Waals surface area (Å²) >= 11 is 0. The van der Waals surface area contributed by atoms with Crippen molar-refractivity contribution < 1.29 is 0 Å². The number of nitrogens with zero attached hydrogens (tertiary/aromatic N) is 1. The standard InChI is InChI=1S/C13H26N2/c1-3-8-15-12-6-5-7-13(15)10-11(9-12)14-4-2/h11-14H,3-10H2,1-2H3. The zero-order valence-corrected chi connectivity index (χ0v) is 10.3. The summed E-state index contributed by atoms with van der Waals surface area (Å²) in [5.41, 5.74) is 0. The van der Waals surface area contributed by atoms with Crippen LogP contribution in [0, 0.1) is 0 Å². The predicted octanol–water partition coefficient (Wildman–Crippen LogP) is 2.39. The highest BCUT2D eigenvalue weighted by Crippen LogP contribution is 2.33. The Bertz CT molecular complexity index is 179. The van der Waals surface area contributed by atoms with Crippen molar-refractivity contribution >= 4 is 0 Å². The quantitative estimate of drug-likeness (QED) is 0.766. The zero-order valence-electron chi connectivity index (χ0n) is 10.3. The fourth-order valence-corrected chi connectivity index (χ4v) is 3.56. The first-order valence-electron chi connectivity index (χ1n) is 6.84. The van der Waals surface area contributed by atoms with Crippen molar-refractivity contribution in [1.82, 2.24) is 10.2 Å². The van der Waals surface area contributed by atoms with Crippen LogP contribution in [-0.4, -0.2) is 36.1 Å². The molecule has 2 rings (SSSR count). The Morgan fingerprint density at radius 3 is 2.33 bits per heavy atom. The molecule has 0 aromatic heterocycles. The maximum atomic E-state index is 3.65. The molecule has 0 amide bonds. The van der Waals surface area contributed by atoms with Gasteiger partial charge in [-0.25, -0.2) is 0 Å². The molecule has 0 radical (unpaired) electrons. The molecule has 0 saturated carbocycles. The minimum atomic E-state index is 0.804. The maximum absolute atomic E-state index is 3.65. The van der Waals surface area contributed by atoms with Crippen LogP contribution in [0.3, 0.4) is 0 Å². The molecule has 0 aliphatic carbocycles. The highest BCUT2D eigenvalue weighted by molar-refractivity contribution is 4.94. The molecule has 2 fully saturated rings. The molecular formula is C13H26N2. The van der Waals surface area contributed by atoms with Gasteiger partial charge in [-0.2, -0.15) is 0 Å². The molecule has 2 heterocycles. The molecule has 2 nitrogen and oxygen atoms in total. The second kappa shape index (κ2) is 5.31. The number of fused-ring (bicyclic) bond motifs is 2. The number of rotatable bonds is 4. The van der Waals surface area contributed by atoms with Crippen LogP contribution in [0.5, 0.6) is 0 Å². The Morgan fingerprint density at radius 1 is 1.13 bits per heavy atom. The van der Waals surface area contributed by atoms with E-state index in [2.05, 4.69) is 24.1 Å². The van der Waals surface area contributed by atoms with Crippen molar-refractivity contribution in [2.45, 2.75) is 70.5 Å². The summed E-state index contributed by atoms with van der Waals surface area (Å²) in [4.78, 5) is 2.80. The van der Waals surface area contributed by atoms with Gasteiger partial charge in [-0.15, -0.1) is 0 Å². The Labute approximate surface area is 94.4 Å². The third-order valence-corrected chi connectivity index (χ3v) is 4.10. The van der Waals surface area contributed by atoms with Crippen molar-refractivity contribution in [1.29, 1.82) is 0 Å². The summed E-state index contributed by atoms with van der Waals surface area (Å²) < 4.78 is 0. The largest absolute Gasteiger partial charge is 0.314 e. The van der Waals surface area contributed by atoms with E-state index in [0.29, 0.717) is 0 Å². The molecule has 2 unspecified atom stereocenters. The second-order valence-electron chi connectivity index (χ2n) is 5.20. The fourth-order valence-electron chi connectivity index (χ4n) is 3.56. The van der Waals surface area contributed by atoms with Crippen LogP contribution in [0.2, 0.25) is 0 Å². The van der Waals surface area contributed by atoms with Crippen LogP contribution in [0.25, 0.3) is 0 Å². The predicted molar refractivity (Wildman–Crippen MR) is 65.1 cm³/mol. The van der Waals surface area contributed by atoms with Gasteiger partial charge in [0.05, 0.1) is 0 Å². The van der Waals surface area contributed by atoms with E-state index < -0.39 is 0 Å². The lowest BCUT2D eigenvalue weighted by molar-refractivity contribution is 0.0251. The van der Waals surface area contributed by atoms with Crippen LogP contribution in [0.15, 0.2) is 0 Å². The van der Waals surface area contributed by atoms with Crippen LogP contribution < -0.4 is 5.32 Å². The Balaban J connectivity index is 1.95. The summed E-state index contributed by atoms with van der Waals surface area (Å²) in [5, 5.41) is 3.65. The van der Waals surface area contributed by atoms with E-state index >= 15 is 0 Å². The van der Waals surface area contributed by atoms with Gasteiger partial charge in [0.2, 0.25) is 0 Å². The number of hydrogen-bond acceptors (Lipinski definition) is 2. The summed E-state index contributed by atoms with van der Waals surface area (Å²) in [7, 11) is 0. The van der Waals surface area contributed by atoms with Crippen LogP contribution >= 0.6 is 0 Å². The van der Waals surface area contributed by atoms with Crippen molar-refractivity contribution in [2.75, 3.05) is 13.1 Å². The molecular weight excluding hydrogens is 184 g/mol. The van der Waals surface area contributed by atoms with Crippen molar-refractivity contribution in [3.8, 4) is 0 Å². The van der Waals surface area contributed by atoms with E-state index in [1.807, 2.05) is 0 Å². The van der Waals surface area contributed by atoms with Gasteiger partial charge >= 0.3 is 0 Å². The van der Waals surface area contributed by atoms with E-state index in [1.54, 1.807) is 0 Å². The first-order valence-corrected chi connectivity index (χ1v) is 6.84. The molecule has 0 aromatic rings. The van der Waals surface area contributed by atoms with Gasteiger partial charge in [-0.05, 0) is 45.2 Å². The summed E-state index contributed by atoms with van der Waals surface area (Å²) in [6.07, 6.45) is 8.46. The Kier molecular flexibility index (Phi) is 4.04. The topological polar surface area (TPSA) is 15.3 Å². The third kappa shape index (κ3) is 2.54.